The van der Waals surface area contributed by atoms with Crippen LogP contribution in [-0.4, -0.2) is 15.0 Å². The van der Waals surface area contributed by atoms with E-state index in [2.05, 4.69) is 30.3 Å². The molecule has 0 heterocycles. The van der Waals surface area contributed by atoms with Crippen LogP contribution in [0.1, 0.15) is 38.5 Å². The summed E-state index contributed by atoms with van der Waals surface area (Å²) in [5.41, 5.74) is 0. The number of hydrogen-bond donors (Lipinski definition) is 0. The first-order valence-corrected chi connectivity index (χ1v) is 8.77. The van der Waals surface area contributed by atoms with Crippen LogP contribution < -0.4 is 4.46 Å². The van der Waals surface area contributed by atoms with Gasteiger partial charge in [0.1, 0.15) is 0 Å². The first-order chi connectivity index (χ1) is 8.31. The van der Waals surface area contributed by atoms with Crippen LogP contribution in [0.4, 0.5) is 0 Å². The zero-order valence-electron chi connectivity index (χ0n) is 10.3. The first kappa shape index (κ1) is 10.6. The Morgan fingerprint density at radius 3 is 1.88 bits per heavy atom. The topological polar surface area (TPSA) is 0 Å². The Kier molecular flexibility index (Phi) is 2.42. The Bertz CT molecular complexity index is 374. The van der Waals surface area contributed by atoms with Gasteiger partial charge in [-0.05, 0) is 0 Å². The molecule has 4 bridgehead atoms. The van der Waals surface area contributed by atoms with Crippen molar-refractivity contribution in [1.82, 2.24) is 0 Å². The van der Waals surface area contributed by atoms with Gasteiger partial charge >= 0.3 is 110 Å². The van der Waals surface area contributed by atoms with Crippen molar-refractivity contribution >= 4 is 19.4 Å². The van der Waals surface area contributed by atoms with Crippen molar-refractivity contribution in [3.8, 4) is 0 Å². The molecule has 0 N–H and O–H groups in total. The van der Waals surface area contributed by atoms with E-state index in [1.807, 2.05) is 0 Å². The molecular formula is C16H20Se. The molecule has 17 heavy (non-hydrogen) atoms. The molecule has 0 unspecified atom stereocenters. The SMILES string of the molecule is c1ccc([Se]C23CC4CC(CC(C4)C2)C3)cc1. The quantitative estimate of drug-likeness (QED) is 0.733. The Labute approximate surface area is 110 Å². The second-order valence-corrected chi connectivity index (χ2v) is 9.75. The number of rotatable bonds is 2. The summed E-state index contributed by atoms with van der Waals surface area (Å²) in [4.78, 5) is 0. The van der Waals surface area contributed by atoms with Crippen LogP contribution in [0.5, 0.6) is 0 Å². The summed E-state index contributed by atoms with van der Waals surface area (Å²) in [6.07, 6.45) is 9.41. The summed E-state index contributed by atoms with van der Waals surface area (Å²) >= 11 is 0.726. The van der Waals surface area contributed by atoms with Crippen molar-refractivity contribution in [2.45, 2.75) is 42.8 Å². The fourth-order valence-electron chi connectivity index (χ4n) is 4.89. The zero-order valence-corrected chi connectivity index (χ0v) is 12.0. The molecule has 0 aromatic heterocycles. The fourth-order valence-corrected chi connectivity index (χ4v) is 8.57. The Morgan fingerprint density at radius 2 is 1.35 bits per heavy atom. The van der Waals surface area contributed by atoms with Crippen molar-refractivity contribution in [1.29, 1.82) is 0 Å². The molecule has 5 rings (SSSR count). The van der Waals surface area contributed by atoms with Gasteiger partial charge in [0.15, 0.2) is 0 Å². The second kappa shape index (κ2) is 3.87. The molecule has 4 saturated carbocycles. The minimum atomic E-state index is 0.726. The molecule has 4 fully saturated rings. The Balaban J connectivity index is 1.61. The van der Waals surface area contributed by atoms with E-state index < -0.39 is 0 Å². The number of benzene rings is 1. The van der Waals surface area contributed by atoms with Crippen LogP contribution in [0.25, 0.3) is 0 Å². The third-order valence-electron chi connectivity index (χ3n) is 5.06. The molecule has 0 radical (unpaired) electrons. The maximum atomic E-state index is 2.36. The van der Waals surface area contributed by atoms with Gasteiger partial charge in [-0.2, -0.15) is 0 Å². The summed E-state index contributed by atoms with van der Waals surface area (Å²) in [7, 11) is 0. The molecule has 0 spiro atoms. The molecule has 0 aliphatic heterocycles. The maximum absolute atomic E-state index is 2.36. The van der Waals surface area contributed by atoms with Crippen LogP contribution in [0, 0.1) is 17.8 Å². The fraction of sp³-hybridized carbons (Fsp3) is 0.625. The summed E-state index contributed by atoms with van der Waals surface area (Å²) in [6.45, 7) is 0. The van der Waals surface area contributed by atoms with Crippen molar-refractivity contribution < 1.29 is 0 Å². The molecular weight excluding hydrogens is 271 g/mol. The van der Waals surface area contributed by atoms with Gasteiger partial charge in [-0.15, -0.1) is 0 Å². The average Bonchev–Trinajstić information content (AvgIpc) is 2.27. The van der Waals surface area contributed by atoms with Gasteiger partial charge in [-0.25, -0.2) is 0 Å². The van der Waals surface area contributed by atoms with E-state index in [0.717, 1.165) is 37.0 Å². The Morgan fingerprint density at radius 1 is 0.824 bits per heavy atom. The van der Waals surface area contributed by atoms with Crippen molar-refractivity contribution in [3.05, 3.63) is 30.3 Å². The van der Waals surface area contributed by atoms with Crippen LogP contribution in [0.2, 0.25) is 4.31 Å². The zero-order chi connectivity index (χ0) is 11.3. The molecule has 0 amide bonds. The van der Waals surface area contributed by atoms with Crippen LogP contribution in [-0.2, 0) is 0 Å². The van der Waals surface area contributed by atoms with Crippen molar-refractivity contribution in [2.24, 2.45) is 17.8 Å². The van der Waals surface area contributed by atoms with E-state index in [9.17, 15) is 0 Å². The predicted octanol–water partition coefficient (Wildman–Crippen LogP) is 3.40. The van der Waals surface area contributed by atoms with Gasteiger partial charge in [0.2, 0.25) is 0 Å². The molecule has 90 valence electrons. The van der Waals surface area contributed by atoms with E-state index >= 15 is 0 Å². The van der Waals surface area contributed by atoms with Crippen molar-refractivity contribution in [3.63, 3.8) is 0 Å². The molecule has 4 aliphatic rings. The van der Waals surface area contributed by atoms with Gasteiger partial charge in [0.05, 0.1) is 0 Å². The average molecular weight is 291 g/mol. The molecule has 0 saturated heterocycles. The first-order valence-electron chi connectivity index (χ1n) is 7.05. The molecule has 1 heteroatoms. The molecule has 1 aromatic rings. The monoisotopic (exact) mass is 292 g/mol. The molecule has 0 nitrogen and oxygen atoms in total. The van der Waals surface area contributed by atoms with Crippen LogP contribution >= 0.6 is 0 Å². The minimum absolute atomic E-state index is 0.726. The summed E-state index contributed by atoms with van der Waals surface area (Å²) in [5, 5.41) is 0. The third kappa shape index (κ3) is 1.88. The van der Waals surface area contributed by atoms with Gasteiger partial charge in [0.25, 0.3) is 0 Å². The van der Waals surface area contributed by atoms with Gasteiger partial charge < -0.3 is 0 Å². The van der Waals surface area contributed by atoms with E-state index in [1.165, 1.54) is 0 Å². The van der Waals surface area contributed by atoms with E-state index in [1.54, 1.807) is 43.0 Å². The van der Waals surface area contributed by atoms with E-state index in [0.29, 0.717) is 0 Å². The molecule has 4 aliphatic carbocycles. The summed E-state index contributed by atoms with van der Waals surface area (Å²) in [5.74, 6) is 3.31. The van der Waals surface area contributed by atoms with Crippen molar-refractivity contribution in [2.75, 3.05) is 0 Å². The third-order valence-corrected chi connectivity index (χ3v) is 8.08. The van der Waals surface area contributed by atoms with E-state index in [-0.39, 0.29) is 0 Å². The number of hydrogen-bond acceptors (Lipinski definition) is 0. The van der Waals surface area contributed by atoms with Gasteiger partial charge in [0, 0.05) is 0 Å². The summed E-state index contributed by atoms with van der Waals surface area (Å²) in [6, 6.07) is 11.3. The normalized spacial score (nSPS) is 42.9. The standard InChI is InChI=1S/C16H20Se/c1-2-4-15(5-3-1)17-16-9-12-6-13(10-16)8-14(7-12)11-16/h1-5,12-14H,6-11H2. The van der Waals surface area contributed by atoms with E-state index in [4.69, 9.17) is 0 Å². The molecule has 1 aromatic carbocycles. The van der Waals surface area contributed by atoms with Gasteiger partial charge in [-0.1, -0.05) is 0 Å². The summed E-state index contributed by atoms with van der Waals surface area (Å²) < 4.78 is 2.41. The van der Waals surface area contributed by atoms with Crippen LogP contribution in [0.3, 0.4) is 0 Å². The Hall–Kier alpha value is -0.261. The predicted molar refractivity (Wildman–Crippen MR) is 72.7 cm³/mol. The molecule has 0 atom stereocenters. The second-order valence-electron chi connectivity index (χ2n) is 6.52. The van der Waals surface area contributed by atoms with Crippen LogP contribution in [0.15, 0.2) is 30.3 Å². The van der Waals surface area contributed by atoms with Gasteiger partial charge in [-0.3, -0.25) is 0 Å².